The van der Waals surface area contributed by atoms with E-state index < -0.39 is 0 Å². The number of hydrogen-bond acceptors (Lipinski definition) is 3. The second kappa shape index (κ2) is 6.27. The zero-order valence-corrected chi connectivity index (χ0v) is 13.8. The molecule has 2 rings (SSSR count). The van der Waals surface area contributed by atoms with Crippen LogP contribution in [0.25, 0.3) is 0 Å². The van der Waals surface area contributed by atoms with Crippen LogP contribution in [0.3, 0.4) is 0 Å². The quantitative estimate of drug-likeness (QED) is 0.928. The number of thiophene rings is 1. The van der Waals surface area contributed by atoms with E-state index in [0.29, 0.717) is 6.04 Å². The minimum absolute atomic E-state index is 0.255. The molecule has 1 saturated heterocycles. The fourth-order valence-electron chi connectivity index (χ4n) is 2.59. The first-order valence-corrected chi connectivity index (χ1v) is 8.26. The Bertz CT molecular complexity index is 453. The van der Waals surface area contributed by atoms with Gasteiger partial charge in [0.05, 0.1) is 0 Å². The summed E-state index contributed by atoms with van der Waals surface area (Å²) in [5, 5.41) is 3.62. The summed E-state index contributed by atoms with van der Waals surface area (Å²) in [6.07, 6.45) is 2.12. The van der Waals surface area contributed by atoms with E-state index in [9.17, 15) is 4.79 Å². The van der Waals surface area contributed by atoms with Gasteiger partial charge in [0, 0.05) is 40.8 Å². The van der Waals surface area contributed by atoms with Crippen molar-refractivity contribution in [2.45, 2.75) is 53.1 Å². The average Bonchev–Trinajstić information content (AvgIpc) is 2.81. The Hall–Kier alpha value is -0.870. The topological polar surface area (TPSA) is 32.3 Å². The Kier molecular flexibility index (Phi) is 4.86. The van der Waals surface area contributed by atoms with Gasteiger partial charge in [-0.15, -0.1) is 11.3 Å². The van der Waals surface area contributed by atoms with E-state index in [2.05, 4.69) is 24.4 Å². The zero-order valence-electron chi connectivity index (χ0n) is 13.0. The number of nitrogens with one attached hydrogen (secondary N) is 1. The van der Waals surface area contributed by atoms with Crippen LogP contribution < -0.4 is 5.32 Å². The van der Waals surface area contributed by atoms with E-state index in [4.69, 9.17) is 0 Å². The molecule has 0 aliphatic carbocycles. The van der Waals surface area contributed by atoms with Crippen molar-refractivity contribution in [3.8, 4) is 0 Å². The van der Waals surface area contributed by atoms with Gasteiger partial charge in [0.15, 0.2) is 0 Å². The van der Waals surface area contributed by atoms with Crippen molar-refractivity contribution in [3.63, 3.8) is 0 Å². The van der Waals surface area contributed by atoms with Crippen LogP contribution in [0.5, 0.6) is 0 Å². The largest absolute Gasteiger partial charge is 0.342 e. The van der Waals surface area contributed by atoms with E-state index in [1.807, 2.05) is 37.0 Å². The summed E-state index contributed by atoms with van der Waals surface area (Å²) in [4.78, 5) is 17.0. The van der Waals surface area contributed by atoms with Crippen LogP contribution in [0, 0.1) is 12.3 Å². The third-order valence-electron chi connectivity index (χ3n) is 3.78. The van der Waals surface area contributed by atoms with Crippen molar-refractivity contribution < 1.29 is 4.79 Å². The number of likely N-dealkylation sites (tertiary alicyclic amines) is 1. The van der Waals surface area contributed by atoms with Gasteiger partial charge in [0.2, 0.25) is 5.91 Å². The normalized spacial score (nSPS) is 17.5. The van der Waals surface area contributed by atoms with Gasteiger partial charge in [-0.2, -0.15) is 0 Å². The van der Waals surface area contributed by atoms with Gasteiger partial charge in [-0.3, -0.25) is 4.79 Å². The first-order valence-electron chi connectivity index (χ1n) is 7.44. The number of hydrogen-bond donors (Lipinski definition) is 1. The summed E-state index contributed by atoms with van der Waals surface area (Å²) in [6.45, 7) is 10.9. The summed E-state index contributed by atoms with van der Waals surface area (Å²) >= 11 is 1.86. The van der Waals surface area contributed by atoms with Crippen molar-refractivity contribution in [2.75, 3.05) is 13.1 Å². The molecule has 20 heavy (non-hydrogen) atoms. The van der Waals surface area contributed by atoms with Crippen molar-refractivity contribution in [3.05, 3.63) is 21.9 Å². The third kappa shape index (κ3) is 4.06. The second-order valence-corrected chi connectivity index (χ2v) is 8.08. The Morgan fingerprint density at radius 2 is 2.00 bits per heavy atom. The Labute approximate surface area is 126 Å². The van der Waals surface area contributed by atoms with Gasteiger partial charge >= 0.3 is 0 Å². The van der Waals surface area contributed by atoms with Crippen molar-refractivity contribution in [2.24, 2.45) is 5.41 Å². The molecule has 0 radical (unpaired) electrons. The first-order chi connectivity index (χ1) is 9.36. The van der Waals surface area contributed by atoms with Gasteiger partial charge in [-0.25, -0.2) is 0 Å². The van der Waals surface area contributed by atoms with E-state index in [-0.39, 0.29) is 11.3 Å². The maximum absolute atomic E-state index is 12.2. The molecular weight excluding hydrogens is 268 g/mol. The van der Waals surface area contributed by atoms with Crippen LogP contribution in [0.15, 0.2) is 12.1 Å². The molecule has 0 unspecified atom stereocenters. The van der Waals surface area contributed by atoms with Crippen LogP contribution in [0.2, 0.25) is 0 Å². The average molecular weight is 294 g/mol. The maximum atomic E-state index is 12.2. The molecule has 0 saturated carbocycles. The Balaban J connectivity index is 1.76. The smallest absolute Gasteiger partial charge is 0.227 e. The fraction of sp³-hybridized carbons (Fsp3) is 0.688. The highest BCUT2D eigenvalue weighted by Crippen LogP contribution is 2.21. The highest BCUT2D eigenvalue weighted by Gasteiger charge is 2.30. The number of piperidine rings is 1. The van der Waals surface area contributed by atoms with Crippen LogP contribution in [0.1, 0.15) is 43.4 Å². The number of nitrogens with zero attached hydrogens (tertiary/aromatic N) is 1. The summed E-state index contributed by atoms with van der Waals surface area (Å²) in [5.41, 5.74) is -0.255. The molecule has 0 atom stereocenters. The Morgan fingerprint density at radius 3 is 2.50 bits per heavy atom. The van der Waals surface area contributed by atoms with Gasteiger partial charge < -0.3 is 10.2 Å². The molecule has 1 fully saturated rings. The number of carbonyl (C=O) groups excluding carboxylic acids is 1. The summed E-state index contributed by atoms with van der Waals surface area (Å²) in [6, 6.07) is 4.92. The molecule has 0 bridgehead atoms. The molecule has 1 aromatic rings. The predicted molar refractivity (Wildman–Crippen MR) is 85.0 cm³/mol. The summed E-state index contributed by atoms with van der Waals surface area (Å²) in [7, 11) is 0. The molecule has 1 amide bonds. The lowest BCUT2D eigenvalue weighted by atomic mass is 9.93. The Morgan fingerprint density at radius 1 is 1.35 bits per heavy atom. The van der Waals surface area contributed by atoms with Gasteiger partial charge in [0.1, 0.15) is 0 Å². The van der Waals surface area contributed by atoms with Crippen molar-refractivity contribution in [1.29, 1.82) is 0 Å². The molecule has 1 aliphatic heterocycles. The molecule has 3 nitrogen and oxygen atoms in total. The van der Waals surface area contributed by atoms with Crippen LogP contribution in [0.4, 0.5) is 0 Å². The van der Waals surface area contributed by atoms with Crippen LogP contribution in [-0.4, -0.2) is 29.9 Å². The number of rotatable bonds is 3. The fourth-order valence-corrected chi connectivity index (χ4v) is 3.43. The third-order valence-corrected chi connectivity index (χ3v) is 4.79. The monoisotopic (exact) mass is 294 g/mol. The highest BCUT2D eigenvalue weighted by molar-refractivity contribution is 7.11. The molecule has 1 N–H and O–H groups in total. The van der Waals surface area contributed by atoms with E-state index in [0.717, 1.165) is 32.5 Å². The minimum Gasteiger partial charge on any atom is -0.342 e. The van der Waals surface area contributed by atoms with Gasteiger partial charge in [0.25, 0.3) is 0 Å². The predicted octanol–water partition coefficient (Wildman–Crippen LogP) is 3.18. The van der Waals surface area contributed by atoms with Gasteiger partial charge in [-0.1, -0.05) is 20.8 Å². The molecular formula is C16H26N2OS. The molecule has 1 aliphatic rings. The molecule has 1 aromatic heterocycles. The lowest BCUT2D eigenvalue weighted by molar-refractivity contribution is -0.140. The van der Waals surface area contributed by atoms with Crippen molar-refractivity contribution in [1.82, 2.24) is 10.2 Å². The molecule has 2 heterocycles. The lowest BCUT2D eigenvalue weighted by Gasteiger charge is -2.36. The minimum atomic E-state index is -0.255. The molecule has 0 aromatic carbocycles. The lowest BCUT2D eigenvalue weighted by Crippen LogP contribution is -2.48. The summed E-state index contributed by atoms with van der Waals surface area (Å²) in [5.74, 6) is 0.282. The van der Waals surface area contributed by atoms with E-state index in [1.165, 1.54) is 9.75 Å². The number of amides is 1. The van der Waals surface area contributed by atoms with Gasteiger partial charge in [-0.05, 0) is 31.9 Å². The van der Waals surface area contributed by atoms with E-state index >= 15 is 0 Å². The highest BCUT2D eigenvalue weighted by atomic mass is 32.1. The first kappa shape index (κ1) is 15.5. The van der Waals surface area contributed by atoms with E-state index in [1.54, 1.807) is 0 Å². The SMILES string of the molecule is Cc1ccc(CNC2CCN(C(=O)C(C)(C)C)CC2)s1. The maximum Gasteiger partial charge on any atom is 0.227 e. The second-order valence-electron chi connectivity index (χ2n) is 6.71. The zero-order chi connectivity index (χ0) is 14.8. The summed E-state index contributed by atoms with van der Waals surface area (Å²) < 4.78 is 0. The molecule has 112 valence electrons. The van der Waals surface area contributed by atoms with Crippen LogP contribution >= 0.6 is 11.3 Å². The standard InChI is InChI=1S/C16H26N2OS/c1-12-5-6-14(20-12)11-17-13-7-9-18(10-8-13)15(19)16(2,3)4/h5-6,13,17H,7-11H2,1-4H3. The van der Waals surface area contributed by atoms with Crippen molar-refractivity contribution >= 4 is 17.2 Å². The van der Waals surface area contributed by atoms with Crippen LogP contribution in [-0.2, 0) is 11.3 Å². The number of aryl methyl sites for hydroxylation is 1. The number of carbonyl (C=O) groups is 1. The molecule has 4 heteroatoms. The molecule has 0 spiro atoms.